The number of hydrogen-bond donors (Lipinski definition) is 0. The van der Waals surface area contributed by atoms with Crippen LogP contribution in [-0.2, 0) is 6.61 Å². The number of hydrogen-bond acceptors (Lipinski definition) is 3. The third-order valence-electron chi connectivity index (χ3n) is 2.93. The molecule has 0 radical (unpaired) electrons. The topological polar surface area (TPSA) is 35.5 Å². The van der Waals surface area contributed by atoms with Crippen molar-refractivity contribution in [3.05, 3.63) is 57.6 Å². The summed E-state index contributed by atoms with van der Waals surface area (Å²) in [6.45, 7) is 2.30. The fraction of sp³-hybridized carbons (Fsp3) is 0.188. The Hall–Kier alpha value is -1.81. The molecule has 0 aliphatic rings. The molecule has 0 aliphatic carbocycles. The predicted octanol–water partition coefficient (Wildman–Crippen LogP) is 4.16. The minimum Gasteiger partial charge on any atom is -0.497 e. The van der Waals surface area contributed by atoms with E-state index in [-0.39, 0.29) is 0 Å². The van der Waals surface area contributed by atoms with Crippen LogP contribution in [0.1, 0.15) is 21.5 Å². The van der Waals surface area contributed by atoms with Gasteiger partial charge in [0, 0.05) is 10.0 Å². The van der Waals surface area contributed by atoms with Gasteiger partial charge in [0.2, 0.25) is 0 Å². The molecule has 0 fully saturated rings. The smallest absolute Gasteiger partial charge is 0.153 e. The first-order chi connectivity index (χ1) is 9.63. The normalized spacial score (nSPS) is 10.2. The van der Waals surface area contributed by atoms with Crippen molar-refractivity contribution < 1.29 is 14.3 Å². The molecule has 0 aromatic heterocycles. The summed E-state index contributed by atoms with van der Waals surface area (Å²) in [6, 6.07) is 11.2. The maximum absolute atomic E-state index is 11.0. The summed E-state index contributed by atoms with van der Waals surface area (Å²) in [7, 11) is 1.62. The zero-order chi connectivity index (χ0) is 14.5. The molecule has 4 heteroatoms. The number of benzene rings is 2. The van der Waals surface area contributed by atoms with E-state index in [1.54, 1.807) is 7.11 Å². The number of ether oxygens (including phenoxy) is 2. The minimum absolute atomic E-state index is 0.363. The molecule has 0 atom stereocenters. The highest BCUT2D eigenvalue weighted by Crippen LogP contribution is 2.25. The average Bonchev–Trinajstić information content (AvgIpc) is 2.47. The van der Waals surface area contributed by atoms with Gasteiger partial charge in [-0.3, -0.25) is 4.79 Å². The highest BCUT2D eigenvalue weighted by molar-refractivity contribution is 9.10. The molecular formula is C16H15BrO3. The number of carbonyl (C=O) groups excluding carboxylic acids is 1. The lowest BCUT2D eigenvalue weighted by atomic mass is 10.1. The van der Waals surface area contributed by atoms with Crippen LogP contribution in [0, 0.1) is 6.92 Å². The molecule has 0 unspecified atom stereocenters. The molecule has 0 N–H and O–H groups in total. The van der Waals surface area contributed by atoms with Gasteiger partial charge in [-0.1, -0.05) is 27.6 Å². The molecular weight excluding hydrogens is 320 g/mol. The Morgan fingerprint density at radius 1 is 1.20 bits per heavy atom. The summed E-state index contributed by atoms with van der Waals surface area (Å²) >= 11 is 3.48. The lowest BCUT2D eigenvalue weighted by Gasteiger charge is -2.11. The van der Waals surface area contributed by atoms with Gasteiger partial charge in [0.1, 0.15) is 18.1 Å². The summed E-state index contributed by atoms with van der Waals surface area (Å²) in [5, 5.41) is 0. The average molecular weight is 335 g/mol. The van der Waals surface area contributed by atoms with Gasteiger partial charge < -0.3 is 9.47 Å². The zero-order valence-corrected chi connectivity index (χ0v) is 12.9. The van der Waals surface area contributed by atoms with Crippen molar-refractivity contribution in [3.63, 3.8) is 0 Å². The van der Waals surface area contributed by atoms with E-state index in [0.717, 1.165) is 27.6 Å². The molecule has 3 nitrogen and oxygen atoms in total. The Bertz CT molecular complexity index is 623. The number of rotatable bonds is 5. The number of carbonyl (C=O) groups is 1. The van der Waals surface area contributed by atoms with Crippen molar-refractivity contribution in [2.45, 2.75) is 13.5 Å². The van der Waals surface area contributed by atoms with Gasteiger partial charge in [0.25, 0.3) is 0 Å². The van der Waals surface area contributed by atoms with Gasteiger partial charge in [-0.25, -0.2) is 0 Å². The molecule has 0 saturated carbocycles. The van der Waals surface area contributed by atoms with Crippen molar-refractivity contribution in [1.29, 1.82) is 0 Å². The summed E-state index contributed by atoms with van der Waals surface area (Å²) in [4.78, 5) is 11.0. The van der Waals surface area contributed by atoms with Gasteiger partial charge in [0.05, 0.1) is 12.7 Å². The summed E-state index contributed by atoms with van der Waals surface area (Å²) in [5.41, 5.74) is 2.55. The molecule has 104 valence electrons. The summed E-state index contributed by atoms with van der Waals surface area (Å²) < 4.78 is 11.9. The number of aryl methyl sites for hydroxylation is 1. The first-order valence-corrected chi connectivity index (χ1v) is 6.94. The maximum atomic E-state index is 11.0. The maximum Gasteiger partial charge on any atom is 0.153 e. The molecule has 20 heavy (non-hydrogen) atoms. The van der Waals surface area contributed by atoms with Crippen molar-refractivity contribution in [1.82, 2.24) is 0 Å². The lowest BCUT2D eigenvalue weighted by molar-refractivity contribution is 0.111. The molecule has 0 bridgehead atoms. The molecule has 2 rings (SSSR count). The highest BCUT2D eigenvalue weighted by atomic mass is 79.9. The van der Waals surface area contributed by atoms with Crippen LogP contribution in [-0.4, -0.2) is 13.4 Å². The van der Waals surface area contributed by atoms with E-state index in [4.69, 9.17) is 9.47 Å². The van der Waals surface area contributed by atoms with Crippen LogP contribution in [0.4, 0.5) is 0 Å². The molecule has 0 amide bonds. The van der Waals surface area contributed by atoms with Crippen LogP contribution >= 0.6 is 15.9 Å². The van der Waals surface area contributed by atoms with Crippen LogP contribution in [0.5, 0.6) is 11.5 Å². The van der Waals surface area contributed by atoms with E-state index in [2.05, 4.69) is 15.9 Å². The third-order valence-corrected chi connectivity index (χ3v) is 3.70. The van der Waals surface area contributed by atoms with Crippen LogP contribution in [0.3, 0.4) is 0 Å². The Morgan fingerprint density at radius 3 is 2.70 bits per heavy atom. The monoisotopic (exact) mass is 334 g/mol. The van der Waals surface area contributed by atoms with Gasteiger partial charge in [-0.05, 0) is 37.3 Å². The first kappa shape index (κ1) is 14.6. The van der Waals surface area contributed by atoms with E-state index in [1.165, 1.54) is 0 Å². The molecule has 0 spiro atoms. The number of aldehydes is 1. The van der Waals surface area contributed by atoms with Gasteiger partial charge in [-0.15, -0.1) is 0 Å². The zero-order valence-electron chi connectivity index (χ0n) is 11.4. The second kappa shape index (κ2) is 6.57. The second-order valence-electron chi connectivity index (χ2n) is 4.41. The second-order valence-corrected chi connectivity index (χ2v) is 5.26. The van der Waals surface area contributed by atoms with E-state index in [0.29, 0.717) is 17.9 Å². The minimum atomic E-state index is 0.363. The van der Waals surface area contributed by atoms with Gasteiger partial charge in [0.15, 0.2) is 6.29 Å². The third kappa shape index (κ3) is 3.39. The first-order valence-electron chi connectivity index (χ1n) is 6.15. The summed E-state index contributed by atoms with van der Waals surface area (Å²) in [5.74, 6) is 1.35. The molecule has 0 saturated heterocycles. The highest BCUT2D eigenvalue weighted by Gasteiger charge is 2.07. The molecule has 0 heterocycles. The molecule has 2 aromatic rings. The molecule has 2 aromatic carbocycles. The largest absolute Gasteiger partial charge is 0.497 e. The SMILES string of the molecule is COc1ccc(Br)c(COc2ccc(C)cc2C=O)c1. The van der Waals surface area contributed by atoms with Gasteiger partial charge in [-0.2, -0.15) is 0 Å². The summed E-state index contributed by atoms with van der Waals surface area (Å²) in [6.07, 6.45) is 0.808. The standard InChI is InChI=1S/C16H15BrO3/c1-11-3-6-16(12(7-11)9-18)20-10-13-8-14(19-2)4-5-15(13)17/h3-9H,10H2,1-2H3. The number of halogens is 1. The van der Waals surface area contributed by atoms with E-state index >= 15 is 0 Å². The predicted molar refractivity (Wildman–Crippen MR) is 81.6 cm³/mol. The Balaban J connectivity index is 2.18. The fourth-order valence-corrected chi connectivity index (χ4v) is 2.20. The van der Waals surface area contributed by atoms with Crippen molar-refractivity contribution >= 4 is 22.2 Å². The van der Waals surface area contributed by atoms with E-state index in [1.807, 2.05) is 43.3 Å². The lowest BCUT2D eigenvalue weighted by Crippen LogP contribution is -2.00. The van der Waals surface area contributed by atoms with E-state index < -0.39 is 0 Å². The van der Waals surface area contributed by atoms with E-state index in [9.17, 15) is 4.79 Å². The van der Waals surface area contributed by atoms with Crippen molar-refractivity contribution in [2.75, 3.05) is 7.11 Å². The molecule has 0 aliphatic heterocycles. The van der Waals surface area contributed by atoms with Crippen LogP contribution < -0.4 is 9.47 Å². The Labute approximate surface area is 126 Å². The van der Waals surface area contributed by atoms with Crippen molar-refractivity contribution in [3.8, 4) is 11.5 Å². The van der Waals surface area contributed by atoms with Crippen LogP contribution in [0.2, 0.25) is 0 Å². The van der Waals surface area contributed by atoms with Crippen molar-refractivity contribution in [2.24, 2.45) is 0 Å². The quantitative estimate of drug-likeness (QED) is 0.770. The van der Waals surface area contributed by atoms with Gasteiger partial charge >= 0.3 is 0 Å². The fourth-order valence-electron chi connectivity index (χ4n) is 1.84. The van der Waals surface area contributed by atoms with Crippen LogP contribution in [0.25, 0.3) is 0 Å². The number of methoxy groups -OCH3 is 1. The Kier molecular flexibility index (Phi) is 4.79. The van der Waals surface area contributed by atoms with Crippen LogP contribution in [0.15, 0.2) is 40.9 Å². The Morgan fingerprint density at radius 2 is 2.00 bits per heavy atom.